The van der Waals surface area contributed by atoms with Gasteiger partial charge in [-0.1, -0.05) is 24.3 Å². The zero-order chi connectivity index (χ0) is 21.6. The van der Waals surface area contributed by atoms with Crippen molar-refractivity contribution in [1.29, 1.82) is 0 Å². The second-order valence-corrected chi connectivity index (χ2v) is 7.43. The molecule has 1 N–H and O–H groups in total. The predicted octanol–water partition coefficient (Wildman–Crippen LogP) is 3.52. The van der Waals surface area contributed by atoms with Gasteiger partial charge in [-0.05, 0) is 54.8 Å². The summed E-state index contributed by atoms with van der Waals surface area (Å²) in [6.07, 6.45) is 3.22. The fourth-order valence-corrected chi connectivity index (χ4v) is 3.79. The fourth-order valence-electron chi connectivity index (χ4n) is 3.79. The average Bonchev–Trinajstić information content (AvgIpc) is 3.44. The van der Waals surface area contributed by atoms with E-state index in [1.807, 2.05) is 12.1 Å². The van der Waals surface area contributed by atoms with Crippen LogP contribution in [0.1, 0.15) is 17.7 Å². The summed E-state index contributed by atoms with van der Waals surface area (Å²) in [6.45, 7) is 2.17. The summed E-state index contributed by atoms with van der Waals surface area (Å²) < 4.78 is 19.0. The Hall–Kier alpha value is -3.61. The van der Waals surface area contributed by atoms with E-state index in [2.05, 4.69) is 22.3 Å². The van der Waals surface area contributed by atoms with Crippen LogP contribution in [0.4, 0.5) is 15.8 Å². The molecule has 0 fully saturated rings. The van der Waals surface area contributed by atoms with Crippen LogP contribution >= 0.6 is 0 Å². The molecule has 0 spiro atoms. The molecule has 6 nitrogen and oxygen atoms in total. The van der Waals surface area contributed by atoms with Crippen LogP contribution in [0, 0.1) is 5.82 Å². The van der Waals surface area contributed by atoms with Gasteiger partial charge in [0.05, 0.1) is 12.8 Å². The molecular weight excluding hydrogens is 397 g/mol. The van der Waals surface area contributed by atoms with Crippen LogP contribution in [0.3, 0.4) is 0 Å². The highest BCUT2D eigenvalue weighted by molar-refractivity contribution is 6.40. The van der Waals surface area contributed by atoms with Crippen LogP contribution in [-0.2, 0) is 22.6 Å². The van der Waals surface area contributed by atoms with E-state index in [4.69, 9.17) is 4.42 Å². The topological polar surface area (TPSA) is 65.8 Å². The van der Waals surface area contributed by atoms with Crippen molar-refractivity contribution in [2.75, 3.05) is 29.4 Å². The second kappa shape index (κ2) is 9.47. The average molecular weight is 421 g/mol. The number of carbonyl (C=O) groups is 2. The second-order valence-electron chi connectivity index (χ2n) is 7.43. The van der Waals surface area contributed by atoms with Gasteiger partial charge >= 0.3 is 11.8 Å². The number of nitrogens with zero attached hydrogens (tertiary/aromatic N) is 2. The number of para-hydroxylation sites is 1. The minimum Gasteiger partial charge on any atom is -0.467 e. The first-order chi connectivity index (χ1) is 15.1. The Morgan fingerprint density at radius 3 is 2.77 bits per heavy atom. The van der Waals surface area contributed by atoms with Crippen LogP contribution in [0.25, 0.3) is 0 Å². The minimum atomic E-state index is -0.756. The van der Waals surface area contributed by atoms with E-state index in [1.165, 1.54) is 40.6 Å². The molecule has 0 saturated carbocycles. The van der Waals surface area contributed by atoms with Gasteiger partial charge in [-0.25, -0.2) is 4.39 Å². The SMILES string of the molecule is O=C(NCCCN1CCc2ccccc21)C(=O)N(Cc1ccco1)c1cccc(F)c1. The van der Waals surface area contributed by atoms with Crippen molar-refractivity contribution >= 4 is 23.2 Å². The van der Waals surface area contributed by atoms with Crippen LogP contribution in [0.2, 0.25) is 0 Å². The van der Waals surface area contributed by atoms with E-state index < -0.39 is 17.6 Å². The maximum atomic E-state index is 13.7. The molecular formula is C24H24FN3O3. The highest BCUT2D eigenvalue weighted by Crippen LogP contribution is 2.27. The monoisotopic (exact) mass is 421 g/mol. The summed E-state index contributed by atoms with van der Waals surface area (Å²) in [5.41, 5.74) is 2.87. The van der Waals surface area contributed by atoms with Gasteiger partial charge in [0.15, 0.2) is 0 Å². The number of nitrogens with one attached hydrogen (secondary N) is 1. The lowest BCUT2D eigenvalue weighted by Gasteiger charge is -2.22. The highest BCUT2D eigenvalue weighted by atomic mass is 19.1. The van der Waals surface area contributed by atoms with E-state index >= 15 is 0 Å². The van der Waals surface area contributed by atoms with Gasteiger partial charge in [-0.2, -0.15) is 0 Å². The van der Waals surface area contributed by atoms with Crippen LogP contribution in [-0.4, -0.2) is 31.4 Å². The Balaban J connectivity index is 1.34. The first-order valence-electron chi connectivity index (χ1n) is 10.3. The van der Waals surface area contributed by atoms with Crippen LogP contribution in [0.15, 0.2) is 71.3 Å². The lowest BCUT2D eigenvalue weighted by Crippen LogP contribution is -2.43. The Labute approximate surface area is 180 Å². The maximum absolute atomic E-state index is 13.7. The first kappa shape index (κ1) is 20.7. The van der Waals surface area contributed by atoms with Crippen molar-refractivity contribution in [3.8, 4) is 0 Å². The van der Waals surface area contributed by atoms with Crippen molar-refractivity contribution in [2.24, 2.45) is 0 Å². The summed E-state index contributed by atoms with van der Waals surface area (Å²) in [7, 11) is 0. The summed E-state index contributed by atoms with van der Waals surface area (Å²) in [5.74, 6) is -1.47. The lowest BCUT2D eigenvalue weighted by atomic mass is 10.2. The van der Waals surface area contributed by atoms with Gasteiger partial charge in [0.1, 0.15) is 11.6 Å². The summed E-state index contributed by atoms with van der Waals surface area (Å²) in [4.78, 5) is 28.9. The molecule has 0 unspecified atom stereocenters. The molecule has 7 heteroatoms. The normalized spacial score (nSPS) is 12.5. The molecule has 1 aliphatic heterocycles. The third-order valence-electron chi connectivity index (χ3n) is 5.33. The van der Waals surface area contributed by atoms with E-state index in [1.54, 1.807) is 18.2 Å². The number of amides is 2. The highest BCUT2D eigenvalue weighted by Gasteiger charge is 2.25. The molecule has 0 radical (unpaired) electrons. The quantitative estimate of drug-likeness (QED) is 0.468. The third kappa shape index (κ3) is 4.94. The summed E-state index contributed by atoms with van der Waals surface area (Å²) >= 11 is 0. The Kier molecular flexibility index (Phi) is 6.31. The molecule has 0 aliphatic carbocycles. The largest absolute Gasteiger partial charge is 0.467 e. The van der Waals surface area contributed by atoms with Gasteiger partial charge in [-0.3, -0.25) is 14.5 Å². The third-order valence-corrected chi connectivity index (χ3v) is 5.33. The molecule has 4 rings (SSSR count). The number of hydrogen-bond acceptors (Lipinski definition) is 4. The molecule has 2 aromatic carbocycles. The van der Waals surface area contributed by atoms with Crippen molar-refractivity contribution in [3.63, 3.8) is 0 Å². The van der Waals surface area contributed by atoms with E-state index in [0.717, 1.165) is 19.5 Å². The van der Waals surface area contributed by atoms with E-state index in [9.17, 15) is 14.0 Å². The van der Waals surface area contributed by atoms with E-state index in [0.29, 0.717) is 24.4 Å². The molecule has 3 aromatic rings. The molecule has 1 aromatic heterocycles. The minimum absolute atomic E-state index is 0.0350. The Morgan fingerprint density at radius 2 is 1.97 bits per heavy atom. The zero-order valence-electron chi connectivity index (χ0n) is 17.1. The zero-order valence-corrected chi connectivity index (χ0v) is 17.1. The molecule has 2 amide bonds. The standard InChI is InChI=1S/C24H24FN3O3/c25-19-7-3-8-20(16-19)28(17-21-9-4-15-31-21)24(30)23(29)26-12-5-13-27-14-11-18-6-1-2-10-22(18)27/h1-4,6-10,15-16H,5,11-14,17H2,(H,26,29). The number of furan rings is 1. The number of carbonyl (C=O) groups excluding carboxylic acids is 2. The van der Waals surface area contributed by atoms with Gasteiger partial charge in [0.2, 0.25) is 0 Å². The van der Waals surface area contributed by atoms with Crippen molar-refractivity contribution in [2.45, 2.75) is 19.4 Å². The molecule has 1 aliphatic rings. The predicted molar refractivity (Wildman–Crippen MR) is 116 cm³/mol. The van der Waals surface area contributed by atoms with E-state index in [-0.39, 0.29) is 6.54 Å². The van der Waals surface area contributed by atoms with Gasteiger partial charge in [-0.15, -0.1) is 0 Å². The summed E-state index contributed by atoms with van der Waals surface area (Å²) in [5, 5.41) is 2.69. The van der Waals surface area contributed by atoms with Gasteiger partial charge < -0.3 is 14.6 Å². The number of benzene rings is 2. The Morgan fingerprint density at radius 1 is 1.10 bits per heavy atom. The number of rotatable bonds is 7. The van der Waals surface area contributed by atoms with Crippen LogP contribution < -0.4 is 15.1 Å². The fraction of sp³-hybridized carbons (Fsp3) is 0.250. The Bertz CT molecular complexity index is 1050. The van der Waals surface area contributed by atoms with Gasteiger partial charge in [0.25, 0.3) is 0 Å². The molecule has 2 heterocycles. The number of fused-ring (bicyclic) bond motifs is 1. The summed E-state index contributed by atoms with van der Waals surface area (Å²) in [6, 6.07) is 17.3. The smallest absolute Gasteiger partial charge is 0.316 e. The van der Waals surface area contributed by atoms with Crippen molar-refractivity contribution in [1.82, 2.24) is 5.32 Å². The molecule has 0 bridgehead atoms. The van der Waals surface area contributed by atoms with Crippen LogP contribution in [0.5, 0.6) is 0 Å². The molecule has 160 valence electrons. The lowest BCUT2D eigenvalue weighted by molar-refractivity contribution is -0.137. The molecule has 0 atom stereocenters. The van der Waals surface area contributed by atoms with Gasteiger partial charge in [0, 0.05) is 31.0 Å². The number of halogens is 1. The maximum Gasteiger partial charge on any atom is 0.316 e. The first-order valence-corrected chi connectivity index (χ1v) is 10.3. The molecule has 31 heavy (non-hydrogen) atoms. The van der Waals surface area contributed by atoms with Crippen molar-refractivity contribution in [3.05, 3.63) is 84.1 Å². The number of hydrogen-bond donors (Lipinski definition) is 1. The number of anilines is 2. The van der Waals surface area contributed by atoms with Crippen molar-refractivity contribution < 1.29 is 18.4 Å². The molecule has 0 saturated heterocycles.